The Kier molecular flexibility index (Phi) is 4.46. The molecule has 0 unspecified atom stereocenters. The van der Waals surface area contributed by atoms with Crippen molar-refractivity contribution in [2.24, 2.45) is 0 Å². The van der Waals surface area contributed by atoms with Gasteiger partial charge in [0.05, 0.1) is 0 Å². The summed E-state index contributed by atoms with van der Waals surface area (Å²) in [5.74, 6) is 0. The van der Waals surface area contributed by atoms with E-state index >= 15 is 0 Å². The molecular weight excluding hydrogens is 162 g/mol. The molecule has 0 aliphatic carbocycles. The molecule has 0 amide bonds. The summed E-state index contributed by atoms with van der Waals surface area (Å²) in [4.78, 5) is 13.9. The molecule has 1 aromatic heterocycles. The summed E-state index contributed by atoms with van der Waals surface area (Å²) >= 11 is 0. The molecule has 0 aliphatic heterocycles. The second-order valence-corrected chi connectivity index (χ2v) is 2.95. The van der Waals surface area contributed by atoms with Crippen LogP contribution in [0.15, 0.2) is 4.79 Å². The molecule has 0 saturated heterocycles. The molecule has 0 aliphatic rings. The van der Waals surface area contributed by atoms with E-state index in [9.17, 15) is 4.79 Å². The summed E-state index contributed by atoms with van der Waals surface area (Å²) in [7, 11) is 0. The quantitative estimate of drug-likeness (QED) is 0.655. The van der Waals surface area contributed by atoms with Crippen molar-refractivity contribution in [1.29, 1.82) is 0 Å². The van der Waals surface area contributed by atoms with Crippen LogP contribution in [0.25, 0.3) is 0 Å². The molecule has 0 atom stereocenters. The molecule has 1 aromatic rings. The number of hydrogen-bond donors (Lipinski definition) is 1. The van der Waals surface area contributed by atoms with Crippen molar-refractivity contribution < 1.29 is 0 Å². The molecule has 2 heteroatoms. The number of hydrogen-bond acceptors (Lipinski definition) is 1. The molecule has 74 valence electrons. The zero-order chi connectivity index (χ0) is 10.6. The van der Waals surface area contributed by atoms with E-state index in [0.717, 1.165) is 16.8 Å². The van der Waals surface area contributed by atoms with Crippen LogP contribution in [0.4, 0.5) is 0 Å². The summed E-state index contributed by atoms with van der Waals surface area (Å²) in [6.07, 6.45) is 0. The lowest BCUT2D eigenvalue weighted by Gasteiger charge is -2.05. The predicted molar refractivity (Wildman–Crippen MR) is 57.4 cm³/mol. The van der Waals surface area contributed by atoms with Gasteiger partial charge in [0.1, 0.15) is 0 Å². The van der Waals surface area contributed by atoms with Gasteiger partial charge in [-0.1, -0.05) is 13.8 Å². The monoisotopic (exact) mass is 181 g/mol. The Bertz CT molecular complexity index is 337. The second kappa shape index (κ2) is 4.85. The Labute approximate surface area is 80.0 Å². The summed E-state index contributed by atoms with van der Waals surface area (Å²) in [6.45, 7) is 11.8. The summed E-state index contributed by atoms with van der Waals surface area (Å²) < 4.78 is 0. The third-order valence-corrected chi connectivity index (χ3v) is 2.33. The number of aryl methyl sites for hydroxylation is 1. The van der Waals surface area contributed by atoms with E-state index < -0.39 is 0 Å². The van der Waals surface area contributed by atoms with Crippen LogP contribution in [0.5, 0.6) is 0 Å². The lowest BCUT2D eigenvalue weighted by Crippen LogP contribution is -2.14. The van der Waals surface area contributed by atoms with Gasteiger partial charge in [-0.25, -0.2) is 0 Å². The fourth-order valence-electron chi connectivity index (χ4n) is 1.09. The van der Waals surface area contributed by atoms with Gasteiger partial charge in [0.25, 0.3) is 5.56 Å². The van der Waals surface area contributed by atoms with Gasteiger partial charge < -0.3 is 4.98 Å². The first-order valence-electron chi connectivity index (χ1n) is 4.70. The minimum atomic E-state index is 0.0330. The molecule has 2 nitrogen and oxygen atoms in total. The molecule has 1 rings (SSSR count). The first-order chi connectivity index (χ1) is 6.04. The van der Waals surface area contributed by atoms with E-state index in [1.807, 2.05) is 41.5 Å². The van der Waals surface area contributed by atoms with Gasteiger partial charge in [-0.2, -0.15) is 0 Å². The maximum Gasteiger partial charge on any atom is 0.251 e. The topological polar surface area (TPSA) is 32.9 Å². The summed E-state index contributed by atoms with van der Waals surface area (Å²) in [6, 6.07) is 0. The van der Waals surface area contributed by atoms with Crippen LogP contribution in [0, 0.1) is 27.7 Å². The first kappa shape index (κ1) is 11.9. The highest BCUT2D eigenvalue weighted by atomic mass is 16.1. The van der Waals surface area contributed by atoms with E-state index in [2.05, 4.69) is 4.98 Å². The predicted octanol–water partition coefficient (Wildman–Crippen LogP) is 2.63. The van der Waals surface area contributed by atoms with E-state index in [-0.39, 0.29) is 5.56 Å². The van der Waals surface area contributed by atoms with E-state index in [1.54, 1.807) is 0 Å². The lowest BCUT2D eigenvalue weighted by atomic mass is 10.1. The van der Waals surface area contributed by atoms with Gasteiger partial charge in [0.2, 0.25) is 0 Å². The van der Waals surface area contributed by atoms with Crippen molar-refractivity contribution in [3.63, 3.8) is 0 Å². The normalized spacial score (nSPS) is 9.08. The Hall–Kier alpha value is -1.05. The van der Waals surface area contributed by atoms with Gasteiger partial charge in [-0.05, 0) is 38.8 Å². The molecule has 0 spiro atoms. The summed E-state index contributed by atoms with van der Waals surface area (Å²) in [5.41, 5.74) is 4.12. The van der Waals surface area contributed by atoms with Crippen LogP contribution in [0.2, 0.25) is 0 Å². The van der Waals surface area contributed by atoms with Crippen LogP contribution in [0.3, 0.4) is 0 Å². The fourth-order valence-corrected chi connectivity index (χ4v) is 1.09. The van der Waals surface area contributed by atoms with E-state index in [4.69, 9.17) is 0 Å². The highest BCUT2D eigenvalue weighted by Crippen LogP contribution is 2.09. The number of pyridine rings is 1. The first-order valence-corrected chi connectivity index (χ1v) is 4.70. The zero-order valence-corrected chi connectivity index (χ0v) is 9.41. The van der Waals surface area contributed by atoms with Gasteiger partial charge in [-0.15, -0.1) is 0 Å². The highest BCUT2D eigenvalue weighted by Gasteiger charge is 2.03. The van der Waals surface area contributed by atoms with Crippen molar-refractivity contribution >= 4 is 0 Å². The van der Waals surface area contributed by atoms with Crippen LogP contribution in [-0.2, 0) is 0 Å². The van der Waals surface area contributed by atoms with Crippen LogP contribution in [0.1, 0.15) is 36.2 Å². The molecule has 0 fully saturated rings. The molecule has 1 heterocycles. The van der Waals surface area contributed by atoms with Crippen LogP contribution in [-0.4, -0.2) is 4.98 Å². The second-order valence-electron chi connectivity index (χ2n) is 2.95. The van der Waals surface area contributed by atoms with Gasteiger partial charge in [0, 0.05) is 11.3 Å². The lowest BCUT2D eigenvalue weighted by molar-refractivity contribution is 1.04. The average Bonchev–Trinajstić information content (AvgIpc) is 2.15. The minimum absolute atomic E-state index is 0.0330. The number of aromatic amines is 1. The molecular formula is C11H19NO. The van der Waals surface area contributed by atoms with Crippen molar-refractivity contribution in [1.82, 2.24) is 4.98 Å². The average molecular weight is 181 g/mol. The van der Waals surface area contributed by atoms with Crippen molar-refractivity contribution in [3.05, 3.63) is 32.7 Å². The fraction of sp³-hybridized carbons (Fsp3) is 0.545. The molecule has 1 N–H and O–H groups in total. The number of aromatic nitrogens is 1. The van der Waals surface area contributed by atoms with Crippen LogP contribution < -0.4 is 5.56 Å². The number of H-pyrrole nitrogens is 1. The Morgan fingerprint density at radius 1 is 0.846 bits per heavy atom. The highest BCUT2D eigenvalue weighted by molar-refractivity contribution is 5.32. The standard InChI is InChI=1S/C9H13NO.C2H6/c1-5-6(2)8(4)10-9(11)7(5)3;1-2/h1-4H3,(H,10,11);1-2H3. The van der Waals surface area contributed by atoms with E-state index in [1.165, 1.54) is 5.56 Å². The largest absolute Gasteiger partial charge is 0.326 e. The van der Waals surface area contributed by atoms with Crippen molar-refractivity contribution in [2.45, 2.75) is 41.5 Å². The van der Waals surface area contributed by atoms with Gasteiger partial charge in [0.15, 0.2) is 0 Å². The minimum Gasteiger partial charge on any atom is -0.326 e. The van der Waals surface area contributed by atoms with E-state index in [0.29, 0.717) is 0 Å². The third kappa shape index (κ3) is 2.44. The van der Waals surface area contributed by atoms with Crippen molar-refractivity contribution in [2.75, 3.05) is 0 Å². The Morgan fingerprint density at radius 3 is 1.77 bits per heavy atom. The zero-order valence-electron chi connectivity index (χ0n) is 9.41. The molecule has 0 radical (unpaired) electrons. The molecule has 13 heavy (non-hydrogen) atoms. The number of rotatable bonds is 0. The Morgan fingerprint density at radius 2 is 1.31 bits per heavy atom. The maximum atomic E-state index is 11.2. The SMILES string of the molecule is CC.Cc1[nH]c(=O)c(C)c(C)c1C. The molecule has 0 aromatic carbocycles. The van der Waals surface area contributed by atoms with Gasteiger partial charge in [-0.3, -0.25) is 4.79 Å². The van der Waals surface area contributed by atoms with Crippen LogP contribution >= 0.6 is 0 Å². The smallest absolute Gasteiger partial charge is 0.251 e. The maximum absolute atomic E-state index is 11.2. The molecule has 0 saturated carbocycles. The molecule has 0 bridgehead atoms. The third-order valence-electron chi connectivity index (χ3n) is 2.33. The summed E-state index contributed by atoms with van der Waals surface area (Å²) in [5, 5.41) is 0. The van der Waals surface area contributed by atoms with Gasteiger partial charge >= 0.3 is 0 Å². The van der Waals surface area contributed by atoms with Crippen molar-refractivity contribution in [3.8, 4) is 0 Å². The number of nitrogens with one attached hydrogen (secondary N) is 1. The Balaban J connectivity index is 0.000000671.